The molecule has 5 rings (SSSR count). The molecule has 1 aromatic rings. The van der Waals surface area contributed by atoms with E-state index in [9.17, 15) is 4.79 Å². The minimum Gasteiger partial charge on any atom is -0.454 e. The zero-order valence-electron chi connectivity index (χ0n) is 18.5. The maximum atomic E-state index is 12.3. The van der Waals surface area contributed by atoms with Gasteiger partial charge in [0.25, 0.3) is 0 Å². The Bertz CT molecular complexity index is 748. The van der Waals surface area contributed by atoms with Crippen LogP contribution in [0.25, 0.3) is 0 Å². The second kappa shape index (κ2) is 9.78. The average Bonchev–Trinajstić information content (AvgIpc) is 3.51. The van der Waals surface area contributed by atoms with E-state index >= 15 is 0 Å². The van der Waals surface area contributed by atoms with Gasteiger partial charge in [-0.15, -0.1) is 0 Å². The van der Waals surface area contributed by atoms with Crippen LogP contribution in [-0.4, -0.2) is 56.0 Å². The van der Waals surface area contributed by atoms with Crippen LogP contribution in [0.15, 0.2) is 18.2 Å². The van der Waals surface area contributed by atoms with E-state index in [1.165, 1.54) is 57.3 Å². The third kappa shape index (κ3) is 5.01. The quantitative estimate of drug-likeness (QED) is 0.746. The zero-order valence-corrected chi connectivity index (χ0v) is 18.5. The number of likely N-dealkylation sites (tertiary alicyclic amines) is 1. The SMILES string of the molecule is O=C(N[C@H]1CC[C@H](CCN2CCC(c3cccc4c3OCO4)CC2)CC1)C1CCCO1. The van der Waals surface area contributed by atoms with Gasteiger partial charge in [-0.05, 0) is 95.3 Å². The summed E-state index contributed by atoms with van der Waals surface area (Å²) in [5.41, 5.74) is 1.33. The lowest BCUT2D eigenvalue weighted by Crippen LogP contribution is -2.43. The number of nitrogens with one attached hydrogen (secondary N) is 1. The van der Waals surface area contributed by atoms with Gasteiger partial charge in [0.1, 0.15) is 6.10 Å². The van der Waals surface area contributed by atoms with Gasteiger partial charge in [-0.25, -0.2) is 0 Å². The van der Waals surface area contributed by atoms with E-state index in [2.05, 4.69) is 22.3 Å². The summed E-state index contributed by atoms with van der Waals surface area (Å²) in [6.45, 7) is 4.63. The lowest BCUT2D eigenvalue weighted by Gasteiger charge is -2.35. The molecule has 4 aliphatic rings. The summed E-state index contributed by atoms with van der Waals surface area (Å²) in [4.78, 5) is 14.9. The third-order valence-corrected chi connectivity index (χ3v) is 7.72. The number of hydrogen-bond donors (Lipinski definition) is 1. The van der Waals surface area contributed by atoms with Crippen molar-refractivity contribution in [1.82, 2.24) is 10.2 Å². The van der Waals surface area contributed by atoms with E-state index in [4.69, 9.17) is 14.2 Å². The van der Waals surface area contributed by atoms with E-state index in [0.29, 0.717) is 18.8 Å². The molecule has 31 heavy (non-hydrogen) atoms. The molecule has 3 fully saturated rings. The van der Waals surface area contributed by atoms with Crippen LogP contribution < -0.4 is 14.8 Å². The van der Waals surface area contributed by atoms with Crippen molar-refractivity contribution in [2.24, 2.45) is 5.92 Å². The Kier molecular flexibility index (Phi) is 6.65. The molecule has 1 unspecified atom stereocenters. The monoisotopic (exact) mass is 428 g/mol. The number of nitrogens with zero attached hydrogens (tertiary/aromatic N) is 1. The fraction of sp³-hybridized carbons (Fsp3) is 0.720. The fourth-order valence-corrected chi connectivity index (χ4v) is 5.78. The second-order valence-corrected chi connectivity index (χ2v) is 9.71. The van der Waals surface area contributed by atoms with Crippen molar-refractivity contribution in [3.05, 3.63) is 23.8 Å². The largest absolute Gasteiger partial charge is 0.454 e. The van der Waals surface area contributed by atoms with Gasteiger partial charge in [0, 0.05) is 18.2 Å². The first kappa shape index (κ1) is 21.1. The number of fused-ring (bicyclic) bond motifs is 1. The summed E-state index contributed by atoms with van der Waals surface area (Å²) in [5.74, 6) is 3.38. The van der Waals surface area contributed by atoms with Crippen LogP contribution >= 0.6 is 0 Å². The van der Waals surface area contributed by atoms with Crippen molar-refractivity contribution >= 4 is 5.91 Å². The normalized spacial score (nSPS) is 29.2. The van der Waals surface area contributed by atoms with Crippen molar-refractivity contribution in [3.63, 3.8) is 0 Å². The molecule has 3 aliphatic heterocycles. The van der Waals surface area contributed by atoms with Crippen LogP contribution in [0.3, 0.4) is 0 Å². The number of carbonyl (C=O) groups excluding carboxylic acids is 1. The maximum Gasteiger partial charge on any atom is 0.249 e. The Hall–Kier alpha value is -1.79. The molecule has 2 saturated heterocycles. The molecule has 170 valence electrons. The van der Waals surface area contributed by atoms with Gasteiger partial charge in [-0.1, -0.05) is 12.1 Å². The van der Waals surface area contributed by atoms with E-state index in [1.807, 2.05) is 6.07 Å². The molecular formula is C25H36N2O4. The first-order valence-electron chi connectivity index (χ1n) is 12.3. The zero-order chi connectivity index (χ0) is 21.0. The van der Waals surface area contributed by atoms with Gasteiger partial charge in [0.15, 0.2) is 11.5 Å². The molecule has 1 N–H and O–H groups in total. The van der Waals surface area contributed by atoms with Gasteiger partial charge >= 0.3 is 0 Å². The van der Waals surface area contributed by atoms with E-state index in [0.717, 1.165) is 49.7 Å². The third-order valence-electron chi connectivity index (χ3n) is 7.72. The Labute approximate surface area is 185 Å². The molecule has 6 heteroatoms. The number of ether oxygens (including phenoxy) is 3. The predicted molar refractivity (Wildman–Crippen MR) is 118 cm³/mol. The van der Waals surface area contributed by atoms with Gasteiger partial charge in [0.2, 0.25) is 12.7 Å². The Morgan fingerprint density at radius 2 is 1.87 bits per heavy atom. The highest BCUT2D eigenvalue weighted by molar-refractivity contribution is 5.81. The molecule has 0 bridgehead atoms. The number of amides is 1. The number of para-hydroxylation sites is 1. The van der Waals surface area contributed by atoms with Crippen LogP contribution in [0.1, 0.15) is 69.3 Å². The van der Waals surface area contributed by atoms with Crippen LogP contribution in [0.2, 0.25) is 0 Å². The van der Waals surface area contributed by atoms with E-state index in [1.54, 1.807) is 0 Å². The van der Waals surface area contributed by atoms with Crippen LogP contribution in [0.5, 0.6) is 11.5 Å². The molecule has 1 atom stereocenters. The first-order valence-corrected chi connectivity index (χ1v) is 12.3. The van der Waals surface area contributed by atoms with Crippen molar-refractivity contribution in [2.45, 2.75) is 75.9 Å². The van der Waals surface area contributed by atoms with Crippen molar-refractivity contribution in [1.29, 1.82) is 0 Å². The molecule has 1 amide bonds. The highest BCUT2D eigenvalue weighted by Crippen LogP contribution is 2.42. The molecule has 1 aliphatic carbocycles. The molecule has 3 heterocycles. The number of benzene rings is 1. The molecule has 0 aromatic heterocycles. The molecule has 1 saturated carbocycles. The highest BCUT2D eigenvalue weighted by atomic mass is 16.7. The Morgan fingerprint density at radius 3 is 2.65 bits per heavy atom. The lowest BCUT2D eigenvalue weighted by atomic mass is 9.83. The van der Waals surface area contributed by atoms with Crippen LogP contribution in [0.4, 0.5) is 0 Å². The van der Waals surface area contributed by atoms with Gasteiger partial charge in [-0.2, -0.15) is 0 Å². The van der Waals surface area contributed by atoms with Gasteiger partial charge < -0.3 is 24.4 Å². The number of rotatable bonds is 6. The molecule has 1 aromatic carbocycles. The highest BCUT2D eigenvalue weighted by Gasteiger charge is 2.29. The molecule has 0 radical (unpaired) electrons. The van der Waals surface area contributed by atoms with Crippen molar-refractivity contribution < 1.29 is 19.0 Å². The Morgan fingerprint density at radius 1 is 1.03 bits per heavy atom. The topological polar surface area (TPSA) is 60.0 Å². The summed E-state index contributed by atoms with van der Waals surface area (Å²) in [6, 6.07) is 6.66. The molecular weight excluding hydrogens is 392 g/mol. The number of piperidine rings is 1. The summed E-state index contributed by atoms with van der Waals surface area (Å²) < 4.78 is 16.8. The van der Waals surface area contributed by atoms with Crippen LogP contribution in [-0.2, 0) is 9.53 Å². The molecule has 0 spiro atoms. The van der Waals surface area contributed by atoms with Crippen molar-refractivity contribution in [3.8, 4) is 11.5 Å². The smallest absolute Gasteiger partial charge is 0.249 e. The van der Waals surface area contributed by atoms with E-state index in [-0.39, 0.29) is 12.0 Å². The second-order valence-electron chi connectivity index (χ2n) is 9.71. The number of carbonyl (C=O) groups is 1. The minimum absolute atomic E-state index is 0.116. The standard InChI is InChI=1S/C25H36N2O4/c28-25(23-5-2-16-29-23)26-20-8-6-18(7-9-20)10-13-27-14-11-19(12-15-27)21-3-1-4-22-24(21)31-17-30-22/h1,3-4,18-20,23H,2,5-17H2,(H,26,28)/t18-,20-,23?. The summed E-state index contributed by atoms with van der Waals surface area (Å²) >= 11 is 0. The lowest BCUT2D eigenvalue weighted by molar-refractivity contribution is -0.131. The van der Waals surface area contributed by atoms with Crippen LogP contribution in [0, 0.1) is 5.92 Å². The summed E-state index contributed by atoms with van der Waals surface area (Å²) in [7, 11) is 0. The molecule has 6 nitrogen and oxygen atoms in total. The summed E-state index contributed by atoms with van der Waals surface area (Å²) in [5, 5.41) is 3.23. The first-order chi connectivity index (χ1) is 15.3. The Balaban J connectivity index is 1.01. The summed E-state index contributed by atoms with van der Waals surface area (Å²) in [6.07, 6.45) is 10.1. The van der Waals surface area contributed by atoms with Crippen molar-refractivity contribution in [2.75, 3.05) is 33.0 Å². The van der Waals surface area contributed by atoms with Gasteiger partial charge in [-0.3, -0.25) is 4.79 Å². The van der Waals surface area contributed by atoms with E-state index < -0.39 is 0 Å². The fourth-order valence-electron chi connectivity index (χ4n) is 5.78. The average molecular weight is 429 g/mol. The minimum atomic E-state index is -0.198. The predicted octanol–water partition coefficient (Wildman–Crippen LogP) is 3.84. The number of hydrogen-bond acceptors (Lipinski definition) is 5. The maximum absolute atomic E-state index is 12.3. The van der Waals surface area contributed by atoms with Gasteiger partial charge in [0.05, 0.1) is 0 Å².